The maximum atomic E-state index is 13.5. The van der Waals surface area contributed by atoms with Crippen LogP contribution in [0.5, 0.6) is 0 Å². The van der Waals surface area contributed by atoms with Crippen LogP contribution >= 0.6 is 24.0 Å². The normalized spacial score (nSPS) is 11.4. The van der Waals surface area contributed by atoms with Crippen LogP contribution in [0, 0.1) is 12.7 Å². The lowest BCUT2D eigenvalue weighted by Crippen LogP contribution is -2.37. The van der Waals surface area contributed by atoms with E-state index in [0.717, 1.165) is 10.1 Å². The van der Waals surface area contributed by atoms with Gasteiger partial charge in [-0.1, -0.05) is 12.1 Å². The van der Waals surface area contributed by atoms with Gasteiger partial charge in [-0.2, -0.15) is 8.78 Å². The zero-order valence-electron chi connectivity index (χ0n) is 14.0. The van der Waals surface area contributed by atoms with Gasteiger partial charge in [0.25, 0.3) is 0 Å². The minimum atomic E-state index is -2.64. The predicted molar refractivity (Wildman–Crippen MR) is 102 cm³/mol. The van der Waals surface area contributed by atoms with E-state index in [-0.39, 0.29) is 48.7 Å². The Bertz CT molecular complexity index is 703. The molecule has 5 nitrogen and oxygen atoms in total. The zero-order chi connectivity index (χ0) is 17.5. The molecule has 0 amide bonds. The molecule has 1 aromatic carbocycles. The van der Waals surface area contributed by atoms with E-state index >= 15 is 0 Å². The quantitative estimate of drug-likeness (QED) is 0.388. The summed E-state index contributed by atoms with van der Waals surface area (Å²) in [6, 6.07) is 4.93. The van der Waals surface area contributed by atoms with Crippen molar-refractivity contribution in [2.45, 2.75) is 33.5 Å². The lowest BCUT2D eigenvalue weighted by atomic mass is 10.1. The second-order valence-electron chi connectivity index (χ2n) is 5.16. The molecule has 0 aliphatic rings. The third-order valence-electron chi connectivity index (χ3n) is 3.37. The molecule has 0 fully saturated rings. The fourth-order valence-electron chi connectivity index (χ4n) is 2.07. The number of halogens is 4. The molecule has 0 unspecified atom stereocenters. The number of hydrogen-bond acceptors (Lipinski definition) is 2. The van der Waals surface area contributed by atoms with Crippen molar-refractivity contribution in [2.24, 2.45) is 4.99 Å². The largest absolute Gasteiger partial charge is 0.357 e. The van der Waals surface area contributed by atoms with Crippen molar-refractivity contribution in [3.63, 3.8) is 0 Å². The van der Waals surface area contributed by atoms with Crippen molar-refractivity contribution in [1.82, 2.24) is 20.2 Å². The summed E-state index contributed by atoms with van der Waals surface area (Å²) in [5, 5.41) is 5.95. The average Bonchev–Trinajstić information content (AvgIpc) is 3.02. The van der Waals surface area contributed by atoms with E-state index in [1.54, 1.807) is 19.1 Å². The number of alkyl halides is 2. The highest BCUT2D eigenvalue weighted by molar-refractivity contribution is 14.0. The molecule has 9 heteroatoms. The van der Waals surface area contributed by atoms with Crippen molar-refractivity contribution < 1.29 is 13.2 Å². The van der Waals surface area contributed by atoms with Crippen LogP contribution in [0.1, 0.15) is 30.4 Å². The third-order valence-corrected chi connectivity index (χ3v) is 3.37. The zero-order valence-corrected chi connectivity index (χ0v) is 16.3. The second kappa shape index (κ2) is 10.3. The standard InChI is InChI=1S/C16H20F3N5.HI/c1-3-20-16(22-9-12-5-4-11(2)13(17)8-12)23-10-14-21-6-7-24(14)15(18)19;/h4-8,15H,3,9-10H2,1-2H3,(H2,20,22,23);1H. The van der Waals surface area contributed by atoms with Gasteiger partial charge in [-0.3, -0.25) is 4.57 Å². The molecule has 1 heterocycles. The summed E-state index contributed by atoms with van der Waals surface area (Å²) in [4.78, 5) is 8.23. The van der Waals surface area contributed by atoms with Gasteiger partial charge in [0, 0.05) is 18.9 Å². The molecule has 0 atom stereocenters. The summed E-state index contributed by atoms with van der Waals surface area (Å²) < 4.78 is 39.9. The Labute approximate surface area is 161 Å². The molecule has 0 aliphatic carbocycles. The number of rotatable bonds is 6. The van der Waals surface area contributed by atoms with Crippen molar-refractivity contribution >= 4 is 29.9 Å². The molecule has 2 rings (SSSR count). The highest BCUT2D eigenvalue weighted by atomic mass is 127. The van der Waals surface area contributed by atoms with Crippen LogP contribution < -0.4 is 10.6 Å². The van der Waals surface area contributed by atoms with Gasteiger partial charge in [0.05, 0.1) is 13.1 Å². The van der Waals surface area contributed by atoms with Crippen LogP contribution in [0.4, 0.5) is 13.2 Å². The smallest absolute Gasteiger partial charge is 0.319 e. The minimum Gasteiger partial charge on any atom is -0.357 e. The first-order valence-electron chi connectivity index (χ1n) is 7.58. The highest BCUT2D eigenvalue weighted by Gasteiger charge is 2.11. The molecule has 1 aromatic heterocycles. The van der Waals surface area contributed by atoms with E-state index in [4.69, 9.17) is 0 Å². The monoisotopic (exact) mass is 467 g/mol. The van der Waals surface area contributed by atoms with Gasteiger partial charge in [-0.25, -0.2) is 14.4 Å². The van der Waals surface area contributed by atoms with Gasteiger partial charge in [0.15, 0.2) is 5.96 Å². The number of benzene rings is 1. The Balaban J connectivity index is 0.00000312. The van der Waals surface area contributed by atoms with Crippen LogP contribution in [0.2, 0.25) is 0 Å². The molecule has 25 heavy (non-hydrogen) atoms. The van der Waals surface area contributed by atoms with Crippen LogP contribution in [0.15, 0.2) is 35.6 Å². The van der Waals surface area contributed by atoms with Crippen LogP contribution in [0.25, 0.3) is 0 Å². The molecular formula is C16H21F3IN5. The van der Waals surface area contributed by atoms with Gasteiger partial charge in [-0.15, -0.1) is 24.0 Å². The number of hydrogen-bond donors (Lipinski definition) is 2. The SMILES string of the molecule is CCNC(=NCc1ccc(C)c(F)c1)NCc1nccn1C(F)F.I. The molecule has 0 spiro atoms. The summed E-state index contributed by atoms with van der Waals surface area (Å²) in [6.45, 7) is 1.93. The number of guanidine groups is 1. The number of nitrogens with one attached hydrogen (secondary N) is 2. The molecule has 2 aromatic rings. The summed E-state index contributed by atoms with van der Waals surface area (Å²) >= 11 is 0. The molecular weight excluding hydrogens is 446 g/mol. The number of aromatic nitrogens is 2. The highest BCUT2D eigenvalue weighted by Crippen LogP contribution is 2.12. The Kier molecular flexibility index (Phi) is 8.73. The fourth-order valence-corrected chi connectivity index (χ4v) is 2.07. The Morgan fingerprint density at radius 2 is 2.08 bits per heavy atom. The topological polar surface area (TPSA) is 54.2 Å². The molecule has 0 saturated carbocycles. The van der Waals surface area contributed by atoms with Crippen LogP contribution in [0.3, 0.4) is 0 Å². The van der Waals surface area contributed by atoms with Crippen molar-refractivity contribution in [3.05, 3.63) is 53.4 Å². The molecule has 138 valence electrons. The number of aryl methyl sites for hydroxylation is 1. The minimum absolute atomic E-state index is 0. The van der Waals surface area contributed by atoms with Gasteiger partial charge in [-0.05, 0) is 31.0 Å². The average molecular weight is 467 g/mol. The van der Waals surface area contributed by atoms with E-state index in [1.807, 2.05) is 6.92 Å². The van der Waals surface area contributed by atoms with Gasteiger partial charge in [0.2, 0.25) is 0 Å². The molecule has 0 bridgehead atoms. The molecule has 0 saturated heterocycles. The maximum Gasteiger partial charge on any atom is 0.319 e. The Morgan fingerprint density at radius 1 is 1.32 bits per heavy atom. The molecule has 2 N–H and O–H groups in total. The summed E-state index contributed by atoms with van der Waals surface area (Å²) in [5.74, 6) is 0.374. The van der Waals surface area contributed by atoms with Gasteiger partial charge >= 0.3 is 6.55 Å². The second-order valence-corrected chi connectivity index (χ2v) is 5.16. The van der Waals surface area contributed by atoms with Crippen LogP contribution in [-0.2, 0) is 13.1 Å². The first-order chi connectivity index (χ1) is 11.5. The summed E-state index contributed by atoms with van der Waals surface area (Å²) in [6.07, 6.45) is 2.54. The predicted octanol–water partition coefficient (Wildman–Crippen LogP) is 3.60. The van der Waals surface area contributed by atoms with Crippen molar-refractivity contribution in [2.75, 3.05) is 6.54 Å². The van der Waals surface area contributed by atoms with E-state index in [9.17, 15) is 13.2 Å². The lowest BCUT2D eigenvalue weighted by molar-refractivity contribution is 0.0668. The van der Waals surface area contributed by atoms with E-state index < -0.39 is 6.55 Å². The fraction of sp³-hybridized carbons (Fsp3) is 0.375. The van der Waals surface area contributed by atoms with Crippen LogP contribution in [-0.4, -0.2) is 22.1 Å². The van der Waals surface area contributed by atoms with Crippen molar-refractivity contribution in [3.8, 4) is 0 Å². The summed E-state index contributed by atoms with van der Waals surface area (Å²) in [5.41, 5.74) is 1.30. The molecule has 0 radical (unpaired) electrons. The number of nitrogens with zero attached hydrogens (tertiary/aromatic N) is 3. The Hall–Kier alpha value is -1.78. The Morgan fingerprint density at radius 3 is 2.72 bits per heavy atom. The van der Waals surface area contributed by atoms with E-state index in [1.165, 1.54) is 18.5 Å². The number of imidazole rings is 1. The summed E-state index contributed by atoms with van der Waals surface area (Å²) in [7, 11) is 0. The lowest BCUT2D eigenvalue weighted by Gasteiger charge is -2.12. The van der Waals surface area contributed by atoms with Crippen molar-refractivity contribution in [1.29, 1.82) is 0 Å². The maximum absolute atomic E-state index is 13.5. The van der Waals surface area contributed by atoms with E-state index in [2.05, 4.69) is 20.6 Å². The third kappa shape index (κ3) is 6.22. The first-order valence-corrected chi connectivity index (χ1v) is 7.58. The first kappa shape index (κ1) is 21.3. The van der Waals surface area contributed by atoms with Gasteiger partial charge < -0.3 is 10.6 Å². The number of aliphatic imine (C=N–C) groups is 1. The van der Waals surface area contributed by atoms with E-state index in [0.29, 0.717) is 18.1 Å². The van der Waals surface area contributed by atoms with Gasteiger partial charge in [0.1, 0.15) is 11.6 Å². The molecule has 0 aliphatic heterocycles.